The average Bonchev–Trinajstić information content (AvgIpc) is 2.37. The summed E-state index contributed by atoms with van der Waals surface area (Å²) < 4.78 is 12.8. The summed E-state index contributed by atoms with van der Waals surface area (Å²) in [7, 11) is 4.20. The molecule has 0 heterocycles. The lowest BCUT2D eigenvalue weighted by Crippen LogP contribution is -2.37. The van der Waals surface area contributed by atoms with Crippen LogP contribution in [-0.4, -0.2) is 56.6 Å². The highest BCUT2D eigenvalue weighted by Gasteiger charge is 2.07. The Morgan fingerprint density at radius 3 is 2.25 bits per heavy atom. The monoisotopic (exact) mass is 281 g/mol. The van der Waals surface area contributed by atoms with Crippen molar-refractivity contribution in [3.63, 3.8) is 0 Å². The van der Waals surface area contributed by atoms with Crippen LogP contribution >= 0.6 is 0 Å². The Kier molecular flexibility index (Phi) is 7.55. The van der Waals surface area contributed by atoms with E-state index in [0.717, 1.165) is 38.4 Å². The van der Waals surface area contributed by atoms with Crippen LogP contribution in [0.2, 0.25) is 0 Å². The fourth-order valence-electron chi connectivity index (χ4n) is 2.08. The molecule has 1 N–H and O–H groups in total. The third kappa shape index (κ3) is 7.46. The maximum atomic E-state index is 12.8. The van der Waals surface area contributed by atoms with Gasteiger partial charge in [0.25, 0.3) is 0 Å². The molecule has 0 aliphatic heterocycles. The first kappa shape index (κ1) is 16.9. The number of nitrogens with one attached hydrogen (secondary N) is 1. The highest BCUT2D eigenvalue weighted by Crippen LogP contribution is 2.08. The zero-order valence-electron chi connectivity index (χ0n) is 13.2. The van der Waals surface area contributed by atoms with Crippen LogP contribution in [-0.2, 0) is 0 Å². The molecule has 0 bridgehead atoms. The molecule has 1 aromatic carbocycles. The molecule has 0 saturated carbocycles. The second-order valence-electron chi connectivity index (χ2n) is 5.93. The van der Waals surface area contributed by atoms with Crippen molar-refractivity contribution in [3.8, 4) is 0 Å². The first-order valence-corrected chi connectivity index (χ1v) is 7.34. The fraction of sp³-hybridized carbons (Fsp3) is 0.625. The summed E-state index contributed by atoms with van der Waals surface area (Å²) in [6.07, 6.45) is 0. The number of halogens is 1. The van der Waals surface area contributed by atoms with Gasteiger partial charge in [0, 0.05) is 38.4 Å². The number of hydrogen-bond donors (Lipinski definition) is 1. The number of likely N-dealkylation sites (N-methyl/N-ethyl adjacent to an activating group) is 1. The number of benzene rings is 1. The molecule has 114 valence electrons. The van der Waals surface area contributed by atoms with Gasteiger partial charge >= 0.3 is 0 Å². The molecule has 0 aliphatic rings. The third-order valence-corrected chi connectivity index (χ3v) is 3.09. The van der Waals surface area contributed by atoms with Crippen LogP contribution in [0.3, 0.4) is 0 Å². The lowest BCUT2D eigenvalue weighted by atomic mass is 10.2. The van der Waals surface area contributed by atoms with Crippen LogP contribution in [0.5, 0.6) is 0 Å². The quantitative estimate of drug-likeness (QED) is 0.751. The average molecular weight is 281 g/mol. The van der Waals surface area contributed by atoms with E-state index in [4.69, 9.17) is 0 Å². The van der Waals surface area contributed by atoms with E-state index in [2.05, 4.69) is 43.1 Å². The van der Waals surface area contributed by atoms with Crippen molar-refractivity contribution in [2.24, 2.45) is 5.92 Å². The van der Waals surface area contributed by atoms with Gasteiger partial charge in [0.15, 0.2) is 0 Å². The van der Waals surface area contributed by atoms with Crippen molar-refractivity contribution in [2.75, 3.05) is 52.1 Å². The minimum absolute atomic E-state index is 0.192. The molecule has 20 heavy (non-hydrogen) atoms. The Labute approximate surface area is 122 Å². The van der Waals surface area contributed by atoms with Gasteiger partial charge in [-0.25, -0.2) is 4.39 Å². The lowest BCUT2D eigenvalue weighted by Gasteiger charge is -2.26. The smallest absolute Gasteiger partial charge is 0.123 e. The topological polar surface area (TPSA) is 18.5 Å². The second-order valence-corrected chi connectivity index (χ2v) is 5.93. The first-order valence-electron chi connectivity index (χ1n) is 7.34. The van der Waals surface area contributed by atoms with E-state index >= 15 is 0 Å². The number of hydrogen-bond acceptors (Lipinski definition) is 3. The van der Waals surface area contributed by atoms with Crippen molar-refractivity contribution in [2.45, 2.75) is 13.8 Å². The molecule has 0 saturated heterocycles. The molecule has 1 aromatic rings. The van der Waals surface area contributed by atoms with Crippen molar-refractivity contribution in [1.82, 2.24) is 9.80 Å². The zero-order chi connectivity index (χ0) is 15.0. The summed E-state index contributed by atoms with van der Waals surface area (Å²) in [4.78, 5) is 4.68. The number of rotatable bonds is 9. The number of nitrogens with zero attached hydrogens (tertiary/aromatic N) is 2. The summed E-state index contributed by atoms with van der Waals surface area (Å²) in [6, 6.07) is 6.53. The molecular formula is C16H28FN3. The molecule has 4 heteroatoms. The van der Waals surface area contributed by atoms with E-state index in [1.807, 2.05) is 0 Å². The van der Waals surface area contributed by atoms with Gasteiger partial charge in [-0.05, 0) is 44.3 Å². The van der Waals surface area contributed by atoms with Crippen LogP contribution in [0, 0.1) is 11.7 Å². The SMILES string of the molecule is CC(C)CN(CCNc1ccc(F)cc1)CCN(C)C. The van der Waals surface area contributed by atoms with Gasteiger partial charge in [-0.15, -0.1) is 0 Å². The molecular weight excluding hydrogens is 253 g/mol. The van der Waals surface area contributed by atoms with Crippen LogP contribution in [0.25, 0.3) is 0 Å². The summed E-state index contributed by atoms with van der Waals surface area (Å²) in [5.74, 6) is 0.478. The van der Waals surface area contributed by atoms with Crippen molar-refractivity contribution in [3.05, 3.63) is 30.1 Å². The van der Waals surface area contributed by atoms with Crippen molar-refractivity contribution < 1.29 is 4.39 Å². The van der Waals surface area contributed by atoms with Crippen molar-refractivity contribution in [1.29, 1.82) is 0 Å². The van der Waals surface area contributed by atoms with E-state index in [1.54, 1.807) is 12.1 Å². The van der Waals surface area contributed by atoms with E-state index in [-0.39, 0.29) is 5.82 Å². The highest BCUT2D eigenvalue weighted by atomic mass is 19.1. The normalized spacial score (nSPS) is 11.6. The Morgan fingerprint density at radius 2 is 1.70 bits per heavy atom. The number of anilines is 1. The third-order valence-electron chi connectivity index (χ3n) is 3.09. The molecule has 0 aromatic heterocycles. The maximum Gasteiger partial charge on any atom is 0.123 e. The van der Waals surface area contributed by atoms with Gasteiger partial charge in [0.1, 0.15) is 5.82 Å². The molecule has 0 fully saturated rings. The minimum atomic E-state index is -0.192. The van der Waals surface area contributed by atoms with Gasteiger partial charge in [-0.3, -0.25) is 0 Å². The Balaban J connectivity index is 2.34. The minimum Gasteiger partial charge on any atom is -0.384 e. The van der Waals surface area contributed by atoms with Gasteiger partial charge in [-0.1, -0.05) is 13.8 Å². The van der Waals surface area contributed by atoms with Gasteiger partial charge in [-0.2, -0.15) is 0 Å². The van der Waals surface area contributed by atoms with Crippen LogP contribution < -0.4 is 5.32 Å². The molecule has 0 radical (unpaired) electrons. The standard InChI is InChI=1S/C16H28FN3/c1-14(2)13-20(12-11-19(3)4)10-9-18-16-7-5-15(17)6-8-16/h5-8,14,18H,9-13H2,1-4H3. The predicted molar refractivity (Wildman–Crippen MR) is 84.7 cm³/mol. The van der Waals surface area contributed by atoms with E-state index in [0.29, 0.717) is 5.92 Å². The largest absolute Gasteiger partial charge is 0.384 e. The Bertz CT molecular complexity index is 362. The molecule has 0 unspecified atom stereocenters. The molecule has 0 amide bonds. The van der Waals surface area contributed by atoms with Crippen LogP contribution in [0.4, 0.5) is 10.1 Å². The zero-order valence-corrected chi connectivity index (χ0v) is 13.2. The molecule has 0 atom stereocenters. The first-order chi connectivity index (χ1) is 9.47. The maximum absolute atomic E-state index is 12.8. The van der Waals surface area contributed by atoms with Crippen molar-refractivity contribution >= 4 is 5.69 Å². The van der Waals surface area contributed by atoms with Gasteiger partial charge in [0.05, 0.1) is 0 Å². The predicted octanol–water partition coefficient (Wildman–Crippen LogP) is 2.76. The van der Waals surface area contributed by atoms with E-state index < -0.39 is 0 Å². The van der Waals surface area contributed by atoms with E-state index in [9.17, 15) is 4.39 Å². The summed E-state index contributed by atoms with van der Waals surface area (Å²) in [5.41, 5.74) is 0.975. The molecule has 3 nitrogen and oxygen atoms in total. The lowest BCUT2D eigenvalue weighted by molar-refractivity contribution is 0.226. The Hall–Kier alpha value is -1.13. The molecule has 0 aliphatic carbocycles. The van der Waals surface area contributed by atoms with Crippen LogP contribution in [0.15, 0.2) is 24.3 Å². The molecule has 0 spiro atoms. The summed E-state index contributed by atoms with van der Waals surface area (Å²) in [6.45, 7) is 9.64. The van der Waals surface area contributed by atoms with Gasteiger partial charge < -0.3 is 15.1 Å². The Morgan fingerprint density at radius 1 is 1.05 bits per heavy atom. The summed E-state index contributed by atoms with van der Waals surface area (Å²) in [5, 5.41) is 3.34. The van der Waals surface area contributed by atoms with E-state index in [1.165, 1.54) is 12.1 Å². The summed E-state index contributed by atoms with van der Waals surface area (Å²) >= 11 is 0. The molecule has 1 rings (SSSR count). The fourth-order valence-corrected chi connectivity index (χ4v) is 2.08. The second kappa shape index (κ2) is 8.93. The van der Waals surface area contributed by atoms with Crippen LogP contribution in [0.1, 0.15) is 13.8 Å². The highest BCUT2D eigenvalue weighted by molar-refractivity contribution is 5.42. The van der Waals surface area contributed by atoms with Gasteiger partial charge in [0.2, 0.25) is 0 Å².